The third-order valence-electron chi connectivity index (χ3n) is 3.97. The van der Waals surface area contributed by atoms with Crippen molar-refractivity contribution >= 4 is 51.7 Å². The molecular weight excluding hydrogens is 496 g/mol. The lowest BCUT2D eigenvalue weighted by atomic mass is 10.2. The zero-order valence-electron chi connectivity index (χ0n) is 16.7. The first kappa shape index (κ1) is 23.2. The molecule has 3 aromatic carbocycles. The van der Waals surface area contributed by atoms with Crippen LogP contribution in [0.3, 0.4) is 0 Å². The molecule has 0 bridgehead atoms. The predicted octanol–water partition coefficient (Wildman–Crippen LogP) is 5.25. The predicted molar refractivity (Wildman–Crippen MR) is 128 cm³/mol. The molecule has 0 spiro atoms. The third-order valence-corrected chi connectivity index (χ3v) is 4.72. The van der Waals surface area contributed by atoms with E-state index >= 15 is 0 Å². The smallest absolute Gasteiger partial charge is 0.336 e. The van der Waals surface area contributed by atoms with E-state index < -0.39 is 11.9 Å². The van der Waals surface area contributed by atoms with Crippen LogP contribution in [0.1, 0.15) is 11.1 Å². The lowest BCUT2D eigenvalue weighted by Gasteiger charge is -2.07. The van der Waals surface area contributed by atoms with Gasteiger partial charge >= 0.3 is 5.97 Å². The van der Waals surface area contributed by atoms with Crippen LogP contribution in [0.5, 0.6) is 11.5 Å². The molecule has 0 fully saturated rings. The monoisotopic (exact) mass is 512 g/mol. The SMILES string of the molecule is O=C(COc1ccc(Cl)cc1)NN=Cc1cc(Br)ccc1OC(=O)C=Cc1ccccc1. The van der Waals surface area contributed by atoms with Crippen LogP contribution in [0.15, 0.2) is 88.4 Å². The Kier molecular flexibility index (Phi) is 8.60. The van der Waals surface area contributed by atoms with Crippen molar-refractivity contribution in [1.82, 2.24) is 5.43 Å². The first-order chi connectivity index (χ1) is 15.5. The molecule has 1 N–H and O–H groups in total. The standard InChI is InChI=1S/C24H18BrClN2O4/c25-19-7-12-22(32-24(30)13-6-17-4-2-1-3-5-17)18(14-19)15-27-28-23(29)16-31-21-10-8-20(26)9-11-21/h1-15H,16H2,(H,28,29). The first-order valence-electron chi connectivity index (χ1n) is 9.44. The molecule has 0 heterocycles. The molecule has 0 radical (unpaired) electrons. The quantitative estimate of drug-likeness (QED) is 0.147. The molecule has 8 heteroatoms. The highest BCUT2D eigenvalue weighted by molar-refractivity contribution is 9.10. The molecule has 162 valence electrons. The van der Waals surface area contributed by atoms with E-state index in [1.165, 1.54) is 12.3 Å². The number of nitrogens with zero attached hydrogens (tertiary/aromatic N) is 1. The minimum atomic E-state index is -0.536. The highest BCUT2D eigenvalue weighted by Crippen LogP contribution is 2.22. The number of halogens is 2. The molecule has 1 amide bonds. The Morgan fingerprint density at radius 3 is 2.53 bits per heavy atom. The maximum absolute atomic E-state index is 12.2. The molecule has 32 heavy (non-hydrogen) atoms. The summed E-state index contributed by atoms with van der Waals surface area (Å²) in [5.41, 5.74) is 3.75. The largest absolute Gasteiger partial charge is 0.484 e. The number of carbonyl (C=O) groups excluding carboxylic acids is 2. The van der Waals surface area contributed by atoms with Crippen LogP contribution in [0.4, 0.5) is 0 Å². The summed E-state index contributed by atoms with van der Waals surface area (Å²) < 4.78 is 11.5. The van der Waals surface area contributed by atoms with Gasteiger partial charge in [0, 0.05) is 21.1 Å². The van der Waals surface area contributed by atoms with Crippen LogP contribution >= 0.6 is 27.5 Å². The van der Waals surface area contributed by atoms with Crippen molar-refractivity contribution in [2.45, 2.75) is 0 Å². The van der Waals surface area contributed by atoms with Gasteiger partial charge in [-0.2, -0.15) is 5.10 Å². The van der Waals surface area contributed by atoms with E-state index in [9.17, 15) is 9.59 Å². The average Bonchev–Trinajstić information content (AvgIpc) is 2.80. The lowest BCUT2D eigenvalue weighted by molar-refractivity contribution is -0.129. The van der Waals surface area contributed by atoms with Gasteiger partial charge in [-0.1, -0.05) is 57.9 Å². The second-order valence-electron chi connectivity index (χ2n) is 6.38. The van der Waals surface area contributed by atoms with Gasteiger partial charge in [0.05, 0.1) is 6.21 Å². The van der Waals surface area contributed by atoms with E-state index in [0.717, 1.165) is 10.0 Å². The van der Waals surface area contributed by atoms with Crippen molar-refractivity contribution in [1.29, 1.82) is 0 Å². The van der Waals surface area contributed by atoms with Crippen molar-refractivity contribution in [2.75, 3.05) is 6.61 Å². The van der Waals surface area contributed by atoms with Gasteiger partial charge < -0.3 is 9.47 Å². The second-order valence-corrected chi connectivity index (χ2v) is 7.74. The number of rotatable bonds is 8. The molecule has 0 saturated heterocycles. The van der Waals surface area contributed by atoms with Crippen molar-refractivity contribution in [3.8, 4) is 11.5 Å². The van der Waals surface area contributed by atoms with E-state index in [4.69, 9.17) is 21.1 Å². The average molecular weight is 514 g/mol. The van der Waals surface area contributed by atoms with Crippen LogP contribution in [0, 0.1) is 0 Å². The third kappa shape index (κ3) is 7.68. The Morgan fingerprint density at radius 2 is 1.78 bits per heavy atom. The Bertz CT molecular complexity index is 1130. The summed E-state index contributed by atoms with van der Waals surface area (Å²) in [4.78, 5) is 24.1. The summed E-state index contributed by atoms with van der Waals surface area (Å²) >= 11 is 9.18. The van der Waals surface area contributed by atoms with Crippen LogP contribution in [-0.2, 0) is 9.59 Å². The maximum Gasteiger partial charge on any atom is 0.336 e. The Morgan fingerprint density at radius 1 is 1.03 bits per heavy atom. The number of hydrogen-bond donors (Lipinski definition) is 1. The molecule has 0 aliphatic rings. The molecule has 6 nitrogen and oxygen atoms in total. The van der Waals surface area contributed by atoms with Gasteiger partial charge in [0.2, 0.25) is 0 Å². The normalized spacial score (nSPS) is 10.9. The van der Waals surface area contributed by atoms with Gasteiger partial charge in [0.25, 0.3) is 5.91 Å². The molecular formula is C24H18BrClN2O4. The fourth-order valence-corrected chi connectivity index (χ4v) is 2.97. The number of esters is 1. The molecule has 0 aliphatic carbocycles. The van der Waals surface area contributed by atoms with Crippen molar-refractivity contribution in [3.05, 3.63) is 99.5 Å². The summed E-state index contributed by atoms with van der Waals surface area (Å²) in [5.74, 6) is -0.175. The molecule has 3 aromatic rings. The number of nitrogens with one attached hydrogen (secondary N) is 1. The van der Waals surface area contributed by atoms with Crippen molar-refractivity contribution in [2.24, 2.45) is 5.10 Å². The summed E-state index contributed by atoms with van der Waals surface area (Å²) in [6.45, 7) is -0.219. The topological polar surface area (TPSA) is 77.0 Å². The van der Waals surface area contributed by atoms with Gasteiger partial charge in [-0.05, 0) is 54.1 Å². The number of carbonyl (C=O) groups is 2. The summed E-state index contributed by atoms with van der Waals surface area (Å²) in [5, 5.41) is 4.49. The number of amides is 1. The Labute approximate surface area is 198 Å². The summed E-state index contributed by atoms with van der Waals surface area (Å²) in [7, 11) is 0. The fraction of sp³-hybridized carbons (Fsp3) is 0.0417. The van der Waals surface area contributed by atoms with Gasteiger partial charge in [-0.15, -0.1) is 0 Å². The number of hydrazone groups is 1. The van der Waals surface area contributed by atoms with E-state index in [1.807, 2.05) is 30.3 Å². The van der Waals surface area contributed by atoms with E-state index in [1.54, 1.807) is 48.5 Å². The van der Waals surface area contributed by atoms with Gasteiger partial charge in [0.15, 0.2) is 6.61 Å². The maximum atomic E-state index is 12.2. The zero-order chi connectivity index (χ0) is 22.8. The Hall–Kier alpha value is -3.42. The van der Waals surface area contributed by atoms with E-state index in [0.29, 0.717) is 22.1 Å². The number of ether oxygens (including phenoxy) is 2. The van der Waals surface area contributed by atoms with Crippen LogP contribution in [-0.4, -0.2) is 24.7 Å². The minimum absolute atomic E-state index is 0.219. The zero-order valence-corrected chi connectivity index (χ0v) is 19.0. The van der Waals surface area contributed by atoms with Crippen molar-refractivity contribution in [3.63, 3.8) is 0 Å². The highest BCUT2D eigenvalue weighted by Gasteiger charge is 2.08. The van der Waals surface area contributed by atoms with Gasteiger partial charge in [0.1, 0.15) is 11.5 Å². The molecule has 0 unspecified atom stereocenters. The highest BCUT2D eigenvalue weighted by atomic mass is 79.9. The minimum Gasteiger partial charge on any atom is -0.484 e. The second kappa shape index (κ2) is 11.8. The number of hydrogen-bond acceptors (Lipinski definition) is 5. The van der Waals surface area contributed by atoms with Crippen LogP contribution in [0.2, 0.25) is 5.02 Å². The molecule has 0 saturated carbocycles. The Balaban J connectivity index is 1.57. The molecule has 0 atom stereocenters. The molecule has 0 aliphatic heterocycles. The fourth-order valence-electron chi connectivity index (χ4n) is 2.47. The number of benzene rings is 3. The molecule has 3 rings (SSSR count). The van der Waals surface area contributed by atoms with Crippen LogP contribution in [0.25, 0.3) is 6.08 Å². The van der Waals surface area contributed by atoms with Gasteiger partial charge in [-0.3, -0.25) is 4.79 Å². The molecule has 0 aromatic heterocycles. The summed E-state index contributed by atoms with van der Waals surface area (Å²) in [6.07, 6.45) is 4.39. The van der Waals surface area contributed by atoms with Gasteiger partial charge in [-0.25, -0.2) is 10.2 Å². The first-order valence-corrected chi connectivity index (χ1v) is 10.6. The van der Waals surface area contributed by atoms with Crippen LogP contribution < -0.4 is 14.9 Å². The summed E-state index contributed by atoms with van der Waals surface area (Å²) in [6, 6.07) is 21.1. The van der Waals surface area contributed by atoms with Crippen molar-refractivity contribution < 1.29 is 19.1 Å². The van der Waals surface area contributed by atoms with E-state index in [-0.39, 0.29) is 6.61 Å². The lowest BCUT2D eigenvalue weighted by Crippen LogP contribution is -2.24. The van der Waals surface area contributed by atoms with E-state index in [2.05, 4.69) is 26.5 Å².